The van der Waals surface area contributed by atoms with Crippen molar-refractivity contribution < 1.29 is 23.3 Å². The van der Waals surface area contributed by atoms with Crippen molar-refractivity contribution in [2.75, 3.05) is 0 Å². The van der Waals surface area contributed by atoms with Crippen LogP contribution in [0.5, 0.6) is 0 Å². The zero-order chi connectivity index (χ0) is 23.3. The predicted octanol–water partition coefficient (Wildman–Crippen LogP) is 3.57. The first-order valence-corrected chi connectivity index (χ1v) is 9.49. The van der Waals surface area contributed by atoms with Crippen molar-refractivity contribution in [3.05, 3.63) is 87.4 Å². The lowest BCUT2D eigenvalue weighted by atomic mass is 10.1. The van der Waals surface area contributed by atoms with Crippen LogP contribution in [0.3, 0.4) is 0 Å². The zero-order valence-corrected chi connectivity index (χ0v) is 17.2. The van der Waals surface area contributed by atoms with E-state index in [1.54, 1.807) is 25.1 Å². The highest BCUT2D eigenvalue weighted by atomic mass is 19.1. The minimum absolute atomic E-state index is 0.0112. The summed E-state index contributed by atoms with van der Waals surface area (Å²) in [5, 5.41) is 17.2. The number of carbonyl (C=O) groups is 2. The molecule has 0 radical (unpaired) electrons. The molecule has 0 fully saturated rings. The van der Waals surface area contributed by atoms with Crippen molar-refractivity contribution in [1.82, 2.24) is 10.7 Å². The minimum Gasteiger partial charge on any atom is -0.455 e. The number of hydrogen-bond acceptors (Lipinski definition) is 6. The molecule has 0 aliphatic rings. The van der Waals surface area contributed by atoms with Crippen molar-refractivity contribution in [2.45, 2.75) is 19.9 Å². The van der Waals surface area contributed by atoms with Crippen LogP contribution >= 0.6 is 0 Å². The molecule has 0 unspecified atom stereocenters. The predicted molar refractivity (Wildman–Crippen MR) is 115 cm³/mol. The highest BCUT2D eigenvalue weighted by Gasteiger charge is 2.16. The maximum absolute atomic E-state index is 12.9. The van der Waals surface area contributed by atoms with E-state index in [1.165, 1.54) is 37.4 Å². The van der Waals surface area contributed by atoms with E-state index < -0.39 is 28.6 Å². The third kappa shape index (κ3) is 5.42. The molecule has 1 aromatic heterocycles. The highest BCUT2D eigenvalue weighted by Crippen LogP contribution is 2.28. The van der Waals surface area contributed by atoms with E-state index in [0.29, 0.717) is 22.6 Å². The number of nitrogens with one attached hydrogen (secondary N) is 2. The molecule has 1 heterocycles. The lowest BCUT2D eigenvalue weighted by Crippen LogP contribution is -2.43. The van der Waals surface area contributed by atoms with Crippen LogP contribution in [0.1, 0.15) is 28.6 Å². The van der Waals surface area contributed by atoms with Crippen molar-refractivity contribution in [2.24, 2.45) is 5.10 Å². The van der Waals surface area contributed by atoms with Gasteiger partial charge in [-0.1, -0.05) is 0 Å². The average Bonchev–Trinajstić information content (AvgIpc) is 3.22. The number of furan rings is 1. The molecule has 0 spiro atoms. The Morgan fingerprint density at radius 1 is 1.16 bits per heavy atom. The first-order valence-electron chi connectivity index (χ1n) is 9.49. The maximum Gasteiger partial charge on any atom is 0.269 e. The number of amides is 2. The Labute approximate surface area is 182 Å². The van der Waals surface area contributed by atoms with Gasteiger partial charge in [-0.25, -0.2) is 9.82 Å². The van der Waals surface area contributed by atoms with Gasteiger partial charge in [0, 0.05) is 23.3 Å². The Kier molecular flexibility index (Phi) is 6.74. The second-order valence-electron chi connectivity index (χ2n) is 6.89. The Bertz CT molecular complexity index is 1190. The Balaban J connectivity index is 1.57. The van der Waals surface area contributed by atoms with Gasteiger partial charge in [-0.15, -0.1) is 0 Å². The first kappa shape index (κ1) is 22.3. The molecule has 0 aliphatic carbocycles. The quantitative estimate of drug-likeness (QED) is 0.331. The fourth-order valence-corrected chi connectivity index (χ4v) is 2.81. The molecule has 0 saturated heterocycles. The standard InChI is InChI=1S/C22H19FN4O5/c1-13-11-17(27(30)31)7-9-19(13)20-10-8-18(32-20)12-24-26-21(28)14(2)25-22(29)15-3-5-16(23)6-4-15/h3-12,14H,1-2H3,(H,25,29)(H,26,28)/b24-12-/t14-/m1/s1. The van der Waals surface area contributed by atoms with Gasteiger partial charge in [-0.2, -0.15) is 5.10 Å². The van der Waals surface area contributed by atoms with Crippen LogP contribution in [0.2, 0.25) is 0 Å². The normalized spacial score (nSPS) is 11.8. The number of aryl methyl sites for hydroxylation is 1. The van der Waals surface area contributed by atoms with Gasteiger partial charge in [-0.3, -0.25) is 19.7 Å². The van der Waals surface area contributed by atoms with Crippen LogP contribution < -0.4 is 10.7 Å². The number of nitro benzene ring substituents is 1. The Hall–Kier alpha value is -4.34. The molecule has 3 aromatic rings. The molecule has 9 nitrogen and oxygen atoms in total. The molecule has 32 heavy (non-hydrogen) atoms. The van der Waals surface area contributed by atoms with Crippen LogP contribution in [0.4, 0.5) is 10.1 Å². The number of non-ortho nitro benzene ring substituents is 1. The van der Waals surface area contributed by atoms with E-state index in [-0.39, 0.29) is 11.3 Å². The molecule has 0 bridgehead atoms. The summed E-state index contributed by atoms with van der Waals surface area (Å²) in [6.45, 7) is 3.22. The number of rotatable bonds is 7. The second-order valence-corrected chi connectivity index (χ2v) is 6.89. The summed E-state index contributed by atoms with van der Waals surface area (Å²) in [7, 11) is 0. The highest BCUT2D eigenvalue weighted by molar-refractivity contribution is 5.97. The summed E-state index contributed by atoms with van der Waals surface area (Å²) in [4.78, 5) is 34.6. The van der Waals surface area contributed by atoms with Gasteiger partial charge in [-0.05, 0) is 61.9 Å². The molecule has 0 aliphatic heterocycles. The summed E-state index contributed by atoms with van der Waals surface area (Å²) in [5.41, 5.74) is 3.88. The van der Waals surface area contributed by atoms with Crippen molar-refractivity contribution in [1.29, 1.82) is 0 Å². The molecule has 2 amide bonds. The minimum atomic E-state index is -0.889. The van der Waals surface area contributed by atoms with Gasteiger partial charge < -0.3 is 9.73 Å². The molecular weight excluding hydrogens is 419 g/mol. The lowest BCUT2D eigenvalue weighted by molar-refractivity contribution is -0.384. The second kappa shape index (κ2) is 9.65. The van der Waals surface area contributed by atoms with Crippen LogP contribution in [-0.2, 0) is 4.79 Å². The van der Waals surface area contributed by atoms with E-state index in [9.17, 15) is 24.1 Å². The zero-order valence-electron chi connectivity index (χ0n) is 17.2. The summed E-state index contributed by atoms with van der Waals surface area (Å²) in [5.74, 6) is -0.710. The monoisotopic (exact) mass is 438 g/mol. The van der Waals surface area contributed by atoms with Crippen molar-refractivity contribution in [3.63, 3.8) is 0 Å². The number of hydrogen-bond donors (Lipinski definition) is 2. The van der Waals surface area contributed by atoms with Crippen LogP contribution in [0, 0.1) is 22.9 Å². The van der Waals surface area contributed by atoms with Gasteiger partial charge in [0.15, 0.2) is 0 Å². The molecule has 3 rings (SSSR count). The molecular formula is C22H19FN4O5. The third-order valence-corrected chi connectivity index (χ3v) is 4.53. The summed E-state index contributed by atoms with van der Waals surface area (Å²) in [6, 6.07) is 11.8. The number of carbonyl (C=O) groups excluding carboxylic acids is 2. The Morgan fingerprint density at radius 2 is 1.88 bits per heavy atom. The first-order chi connectivity index (χ1) is 15.2. The number of nitrogens with zero attached hydrogens (tertiary/aromatic N) is 2. The molecule has 2 aromatic carbocycles. The van der Waals surface area contributed by atoms with Crippen LogP contribution in [-0.4, -0.2) is 29.0 Å². The third-order valence-electron chi connectivity index (χ3n) is 4.53. The molecule has 164 valence electrons. The van der Waals surface area contributed by atoms with Crippen molar-refractivity contribution in [3.8, 4) is 11.3 Å². The molecule has 1 atom stereocenters. The lowest BCUT2D eigenvalue weighted by Gasteiger charge is -2.12. The van der Waals surface area contributed by atoms with Gasteiger partial charge >= 0.3 is 0 Å². The number of halogens is 1. The van der Waals surface area contributed by atoms with E-state index in [4.69, 9.17) is 4.42 Å². The summed E-state index contributed by atoms with van der Waals surface area (Å²) >= 11 is 0. The van der Waals surface area contributed by atoms with E-state index in [1.807, 2.05) is 0 Å². The van der Waals surface area contributed by atoms with Gasteiger partial charge in [0.25, 0.3) is 17.5 Å². The number of nitro groups is 1. The fourth-order valence-electron chi connectivity index (χ4n) is 2.81. The average molecular weight is 438 g/mol. The largest absolute Gasteiger partial charge is 0.455 e. The summed E-state index contributed by atoms with van der Waals surface area (Å²) < 4.78 is 18.6. The topological polar surface area (TPSA) is 127 Å². The van der Waals surface area contributed by atoms with Gasteiger partial charge in [0.1, 0.15) is 23.4 Å². The van der Waals surface area contributed by atoms with Gasteiger partial charge in [0.2, 0.25) is 0 Å². The Morgan fingerprint density at radius 3 is 2.53 bits per heavy atom. The fraction of sp³-hybridized carbons (Fsp3) is 0.136. The molecule has 2 N–H and O–H groups in total. The summed E-state index contributed by atoms with van der Waals surface area (Å²) in [6.07, 6.45) is 1.29. The van der Waals surface area contributed by atoms with Crippen LogP contribution in [0.25, 0.3) is 11.3 Å². The number of benzene rings is 2. The van der Waals surface area contributed by atoms with E-state index in [2.05, 4.69) is 15.8 Å². The molecule has 10 heteroatoms. The smallest absolute Gasteiger partial charge is 0.269 e. The van der Waals surface area contributed by atoms with E-state index >= 15 is 0 Å². The molecule has 0 saturated carbocycles. The van der Waals surface area contributed by atoms with Gasteiger partial charge in [0.05, 0.1) is 11.1 Å². The number of hydrazone groups is 1. The SMILES string of the molecule is Cc1cc([N+](=O)[O-])ccc1-c1ccc(/C=N\NC(=O)[C@@H](C)NC(=O)c2ccc(F)cc2)o1. The maximum atomic E-state index is 12.9. The van der Waals surface area contributed by atoms with E-state index in [0.717, 1.165) is 12.1 Å². The van der Waals surface area contributed by atoms with Crippen LogP contribution in [0.15, 0.2) is 64.1 Å². The van der Waals surface area contributed by atoms with Crippen molar-refractivity contribution >= 4 is 23.7 Å².